The van der Waals surface area contributed by atoms with Crippen LogP contribution in [0.3, 0.4) is 0 Å². The van der Waals surface area contributed by atoms with Crippen LogP contribution in [0.5, 0.6) is 0 Å². The molecule has 1 fully saturated rings. The predicted molar refractivity (Wildman–Crippen MR) is 62.4 cm³/mol. The van der Waals surface area contributed by atoms with Crippen molar-refractivity contribution in [2.24, 2.45) is 0 Å². The molecule has 0 aliphatic carbocycles. The van der Waals surface area contributed by atoms with Gasteiger partial charge in [0.05, 0.1) is 12.6 Å². The van der Waals surface area contributed by atoms with Gasteiger partial charge in [-0.3, -0.25) is 0 Å². The average Bonchev–Trinajstić information content (AvgIpc) is 3.00. The van der Waals surface area contributed by atoms with E-state index in [0.29, 0.717) is 17.7 Å². The molecule has 2 aromatic rings. The van der Waals surface area contributed by atoms with E-state index in [4.69, 9.17) is 15.6 Å². The fourth-order valence-electron chi connectivity index (χ4n) is 2.10. The predicted octanol–water partition coefficient (Wildman–Crippen LogP) is -0.525. The molecule has 0 unspecified atom stereocenters. The molecule has 96 valence electrons. The molecule has 1 atom stereocenters. The molecule has 0 radical (unpaired) electrons. The van der Waals surface area contributed by atoms with Gasteiger partial charge in [-0.25, -0.2) is 14.6 Å². The lowest BCUT2D eigenvalue weighted by atomic mass is 10.2. The summed E-state index contributed by atoms with van der Waals surface area (Å²) in [6.45, 7) is 1.12. The zero-order valence-corrected chi connectivity index (χ0v) is 9.78. The Kier molecular flexibility index (Phi) is 2.80. The van der Waals surface area contributed by atoms with Crippen LogP contribution < -0.4 is 5.73 Å². The maximum Gasteiger partial charge on any atom is 0.184 e. The lowest BCUT2D eigenvalue weighted by Gasteiger charge is -2.09. The zero-order chi connectivity index (χ0) is 12.5. The van der Waals surface area contributed by atoms with Crippen LogP contribution in [0.2, 0.25) is 0 Å². The first-order valence-electron chi connectivity index (χ1n) is 5.86. The topological polar surface area (TPSA) is 112 Å². The maximum atomic E-state index is 9.08. The van der Waals surface area contributed by atoms with Gasteiger partial charge >= 0.3 is 0 Å². The second kappa shape index (κ2) is 4.46. The van der Waals surface area contributed by atoms with Gasteiger partial charge in [-0.2, -0.15) is 0 Å². The van der Waals surface area contributed by atoms with Gasteiger partial charge in [0.25, 0.3) is 0 Å². The summed E-state index contributed by atoms with van der Waals surface area (Å²) in [5.74, 6) is 0.513. The molecule has 0 spiro atoms. The number of nitrogens with two attached hydrogens (primary N) is 1. The van der Waals surface area contributed by atoms with E-state index in [1.165, 1.54) is 0 Å². The van der Waals surface area contributed by atoms with Gasteiger partial charge in [-0.05, 0) is 12.8 Å². The fourth-order valence-corrected chi connectivity index (χ4v) is 2.10. The summed E-state index contributed by atoms with van der Waals surface area (Å²) in [6.07, 6.45) is 2.22. The Labute approximate surface area is 103 Å². The van der Waals surface area contributed by atoms with Crippen LogP contribution in [-0.4, -0.2) is 42.8 Å². The van der Waals surface area contributed by atoms with Crippen molar-refractivity contribution in [3.05, 3.63) is 5.82 Å². The van der Waals surface area contributed by atoms with Gasteiger partial charge < -0.3 is 15.6 Å². The molecular formula is C10H14N6O2. The Morgan fingerprint density at radius 1 is 1.44 bits per heavy atom. The molecule has 8 heteroatoms. The number of hydrogen-bond donors (Lipinski definition) is 2. The molecule has 3 N–H and O–H groups in total. The minimum atomic E-state index is -0.259. The first kappa shape index (κ1) is 11.3. The van der Waals surface area contributed by atoms with E-state index in [1.54, 1.807) is 4.68 Å². The Bertz CT molecular complexity index is 563. The average molecular weight is 250 g/mol. The van der Waals surface area contributed by atoms with Crippen molar-refractivity contribution in [1.29, 1.82) is 0 Å². The summed E-state index contributed by atoms with van der Waals surface area (Å²) in [6, 6.07) is 0. The summed E-state index contributed by atoms with van der Waals surface area (Å²) in [5, 5.41) is 17.1. The molecular weight excluding hydrogens is 236 g/mol. The number of nitrogens with zero attached hydrogens (tertiary/aromatic N) is 5. The Morgan fingerprint density at radius 3 is 3.06 bits per heavy atom. The van der Waals surface area contributed by atoms with Crippen LogP contribution in [-0.2, 0) is 17.9 Å². The molecule has 8 nitrogen and oxygen atoms in total. The minimum absolute atomic E-state index is 0.142. The fraction of sp³-hybridized carbons (Fsp3) is 0.600. The van der Waals surface area contributed by atoms with E-state index >= 15 is 0 Å². The largest absolute Gasteiger partial charge is 0.388 e. The summed E-state index contributed by atoms with van der Waals surface area (Å²) in [5.41, 5.74) is 6.75. The van der Waals surface area contributed by atoms with Crippen molar-refractivity contribution in [2.75, 3.05) is 12.3 Å². The molecule has 2 aromatic heterocycles. The molecule has 0 bridgehead atoms. The Hall–Kier alpha value is -1.80. The van der Waals surface area contributed by atoms with E-state index in [1.807, 2.05) is 0 Å². The summed E-state index contributed by atoms with van der Waals surface area (Å²) in [7, 11) is 0. The SMILES string of the molecule is Nc1nc(CO)nc2c1nnn2C[C@H]1CCCO1. The first-order chi connectivity index (χ1) is 8.78. The Balaban J connectivity index is 1.98. The smallest absolute Gasteiger partial charge is 0.184 e. The number of aliphatic hydroxyl groups excluding tert-OH is 1. The third kappa shape index (κ3) is 1.89. The van der Waals surface area contributed by atoms with Crippen molar-refractivity contribution in [1.82, 2.24) is 25.0 Å². The number of aliphatic hydroxyl groups is 1. The van der Waals surface area contributed by atoms with Crippen LogP contribution in [0.25, 0.3) is 11.2 Å². The van der Waals surface area contributed by atoms with Crippen molar-refractivity contribution in [3.8, 4) is 0 Å². The molecule has 1 saturated heterocycles. The number of nitrogen functional groups attached to an aromatic ring is 1. The quantitative estimate of drug-likeness (QED) is 0.753. The molecule has 0 saturated carbocycles. The highest BCUT2D eigenvalue weighted by molar-refractivity contribution is 5.80. The molecule has 18 heavy (non-hydrogen) atoms. The molecule has 0 amide bonds. The number of aromatic nitrogens is 5. The lowest BCUT2D eigenvalue weighted by Crippen LogP contribution is -2.16. The number of anilines is 1. The summed E-state index contributed by atoms with van der Waals surface area (Å²) < 4.78 is 7.20. The molecule has 1 aliphatic heterocycles. The third-order valence-electron chi connectivity index (χ3n) is 2.98. The minimum Gasteiger partial charge on any atom is -0.388 e. The summed E-state index contributed by atoms with van der Waals surface area (Å²) in [4.78, 5) is 8.13. The van der Waals surface area contributed by atoms with E-state index in [2.05, 4.69) is 20.3 Å². The number of ether oxygens (including phenoxy) is 1. The van der Waals surface area contributed by atoms with E-state index < -0.39 is 0 Å². The monoisotopic (exact) mass is 250 g/mol. The van der Waals surface area contributed by atoms with Crippen molar-refractivity contribution >= 4 is 17.0 Å². The maximum absolute atomic E-state index is 9.08. The highest BCUT2D eigenvalue weighted by atomic mass is 16.5. The van der Waals surface area contributed by atoms with Gasteiger partial charge in [0, 0.05) is 6.61 Å². The highest BCUT2D eigenvalue weighted by Crippen LogP contribution is 2.18. The second-order valence-corrected chi connectivity index (χ2v) is 4.26. The van der Waals surface area contributed by atoms with Crippen LogP contribution in [0.1, 0.15) is 18.7 Å². The van der Waals surface area contributed by atoms with Crippen LogP contribution in [0.15, 0.2) is 0 Å². The normalized spacial score (nSPS) is 19.7. The van der Waals surface area contributed by atoms with E-state index in [-0.39, 0.29) is 24.4 Å². The highest BCUT2D eigenvalue weighted by Gasteiger charge is 2.19. The lowest BCUT2D eigenvalue weighted by molar-refractivity contribution is 0.0944. The number of rotatable bonds is 3. The zero-order valence-electron chi connectivity index (χ0n) is 9.78. The van der Waals surface area contributed by atoms with Gasteiger partial charge in [0.2, 0.25) is 0 Å². The van der Waals surface area contributed by atoms with Gasteiger partial charge in [0.1, 0.15) is 6.61 Å². The Morgan fingerprint density at radius 2 is 2.33 bits per heavy atom. The molecule has 0 aromatic carbocycles. The van der Waals surface area contributed by atoms with E-state index in [0.717, 1.165) is 19.4 Å². The van der Waals surface area contributed by atoms with Gasteiger partial charge in [-0.1, -0.05) is 5.21 Å². The van der Waals surface area contributed by atoms with Gasteiger partial charge in [-0.15, -0.1) is 5.10 Å². The molecule has 1 aliphatic rings. The van der Waals surface area contributed by atoms with Crippen molar-refractivity contribution in [2.45, 2.75) is 32.1 Å². The summed E-state index contributed by atoms with van der Waals surface area (Å²) >= 11 is 0. The number of fused-ring (bicyclic) bond motifs is 1. The molecule has 3 rings (SSSR count). The standard InChI is InChI=1S/C10H14N6O2/c11-9-8-10(13-7(5-17)12-9)16(15-14-8)4-6-2-1-3-18-6/h6,17H,1-5H2,(H2,11,12,13)/t6-/m1/s1. The number of hydrogen-bond acceptors (Lipinski definition) is 7. The van der Waals surface area contributed by atoms with Crippen LogP contribution in [0.4, 0.5) is 5.82 Å². The first-order valence-corrected chi connectivity index (χ1v) is 5.86. The van der Waals surface area contributed by atoms with Crippen molar-refractivity contribution < 1.29 is 9.84 Å². The van der Waals surface area contributed by atoms with Gasteiger partial charge in [0.15, 0.2) is 22.8 Å². The second-order valence-electron chi connectivity index (χ2n) is 4.26. The van der Waals surface area contributed by atoms with E-state index in [9.17, 15) is 0 Å². The molecule has 3 heterocycles. The third-order valence-corrected chi connectivity index (χ3v) is 2.98. The van der Waals surface area contributed by atoms with Crippen LogP contribution >= 0.6 is 0 Å². The van der Waals surface area contributed by atoms with Crippen molar-refractivity contribution in [3.63, 3.8) is 0 Å². The van der Waals surface area contributed by atoms with Crippen LogP contribution in [0, 0.1) is 0 Å².